The van der Waals surface area contributed by atoms with Crippen LogP contribution in [0, 0.1) is 0 Å². The molecule has 6 atom stereocenters. The van der Waals surface area contributed by atoms with Gasteiger partial charge in [0.15, 0.2) is 6.10 Å². The molecule has 0 radical (unpaired) electrons. The highest BCUT2D eigenvalue weighted by molar-refractivity contribution is 7.47. The Morgan fingerprint density at radius 2 is 0.785 bits per heavy atom. The number of hydrogen-bond donors (Lipinski definition) is 6. The number of unbranched alkanes of at least 4 members (excludes halogenated alkanes) is 31. The van der Waals surface area contributed by atoms with Crippen molar-refractivity contribution in [3.8, 4) is 0 Å². The molecule has 0 saturated heterocycles. The Kier molecular flexibility index (Phi) is 39.4. The van der Waals surface area contributed by atoms with E-state index in [4.69, 9.17) is 18.5 Å². The first kappa shape index (κ1) is 61.6. The molecule has 6 N–H and O–H groups in total. The van der Waals surface area contributed by atoms with Crippen LogP contribution in [0.15, 0.2) is 12.2 Å². The maximum Gasteiger partial charge on any atom is 0.472 e. The molecule has 0 aromatic carbocycles. The third-order valence-electron chi connectivity index (χ3n) is 12.6. The molecule has 0 aromatic heterocycles. The number of allylic oxidation sites excluding steroid dienone is 2. The topological polar surface area (TPSA) is 210 Å². The van der Waals surface area contributed by atoms with Crippen LogP contribution in [0.5, 0.6) is 0 Å². The lowest BCUT2D eigenvalue weighted by Crippen LogP contribution is -2.64. The molecule has 13 nitrogen and oxygen atoms in total. The van der Waals surface area contributed by atoms with Gasteiger partial charge in [-0.25, -0.2) is 4.57 Å². The second-order valence-electron chi connectivity index (χ2n) is 18.7. The number of aliphatic hydroxyl groups is 5. The zero-order chi connectivity index (χ0) is 47.8. The highest BCUT2D eigenvalue weighted by atomic mass is 31.2. The third-order valence-corrected chi connectivity index (χ3v) is 13.6. The predicted octanol–water partition coefficient (Wildman–Crippen LogP) is 11.4. The molecule has 0 heterocycles. The van der Waals surface area contributed by atoms with Gasteiger partial charge in [0.1, 0.15) is 43.2 Å². The van der Waals surface area contributed by atoms with E-state index in [1.165, 1.54) is 154 Å². The van der Waals surface area contributed by atoms with Crippen LogP contribution in [-0.4, -0.2) is 98.3 Å². The highest BCUT2D eigenvalue weighted by Gasteiger charge is 2.51. The molecule has 65 heavy (non-hydrogen) atoms. The Hall–Kier alpha value is -1.41. The molecular weight excluding hydrogens is 852 g/mol. The summed E-state index contributed by atoms with van der Waals surface area (Å²) in [5.41, 5.74) is 0. The van der Waals surface area contributed by atoms with Crippen LogP contribution < -0.4 is 0 Å². The van der Waals surface area contributed by atoms with Gasteiger partial charge in [0.25, 0.3) is 0 Å². The summed E-state index contributed by atoms with van der Waals surface area (Å²) >= 11 is 0. The molecule has 0 aromatic rings. The lowest BCUT2D eigenvalue weighted by atomic mass is 9.85. The number of phosphoric acid groups is 1. The molecule has 1 saturated carbocycles. The van der Waals surface area contributed by atoms with Crippen LogP contribution >= 0.6 is 7.82 Å². The van der Waals surface area contributed by atoms with Gasteiger partial charge in [0.05, 0.1) is 6.61 Å². The summed E-state index contributed by atoms with van der Waals surface area (Å²) in [5, 5.41) is 50.3. The predicted molar refractivity (Wildman–Crippen MR) is 258 cm³/mol. The van der Waals surface area contributed by atoms with Gasteiger partial charge in [-0.05, 0) is 38.5 Å². The van der Waals surface area contributed by atoms with Gasteiger partial charge in [-0.2, -0.15) is 0 Å². The summed E-state index contributed by atoms with van der Waals surface area (Å²) < 4.78 is 33.7. The standard InChI is InChI=1S/C51H97O13P/c1-3-5-7-9-11-13-15-17-19-21-22-24-25-27-29-31-33-35-37-39-44(52)61-41-43(42-62-65(59,60)64-51-49(57)47(55)46(54)48(56)50(51)58)63-45(53)40-38-36-34-32-30-28-26-23-20-18-16-14-12-10-8-6-4-2/h18,20,43,46-51,54-58H,3-17,19,21-42H2,1-2H3,(H,59,60)/b20-18-. The lowest BCUT2D eigenvalue weighted by Gasteiger charge is -2.41. The first-order chi connectivity index (χ1) is 31.4. The van der Waals surface area contributed by atoms with Crippen LogP contribution in [0.3, 0.4) is 0 Å². The molecule has 1 aliphatic rings. The van der Waals surface area contributed by atoms with Gasteiger partial charge in [-0.15, -0.1) is 0 Å². The maximum absolute atomic E-state index is 12.9. The highest BCUT2D eigenvalue weighted by Crippen LogP contribution is 2.47. The second-order valence-corrected chi connectivity index (χ2v) is 20.1. The van der Waals surface area contributed by atoms with Gasteiger partial charge < -0.3 is 39.9 Å². The van der Waals surface area contributed by atoms with Gasteiger partial charge in [-0.1, -0.05) is 206 Å². The molecule has 14 heteroatoms. The monoisotopic (exact) mass is 949 g/mol. The van der Waals surface area contributed by atoms with Crippen LogP contribution in [0.4, 0.5) is 0 Å². The SMILES string of the molecule is CCCCCCCC/C=C\CCCCCCCCCC(=O)OC(COC(=O)CCCCCCCCCCCCCCCCCCCCC)COP(=O)(O)OC1C(O)C(O)C(O)C(O)C1O. The van der Waals surface area contributed by atoms with Crippen molar-refractivity contribution in [3.05, 3.63) is 12.2 Å². The fourth-order valence-electron chi connectivity index (χ4n) is 8.34. The van der Waals surface area contributed by atoms with Crippen LogP contribution in [-0.2, 0) is 32.7 Å². The zero-order valence-electron chi connectivity index (χ0n) is 41.1. The van der Waals surface area contributed by atoms with E-state index in [2.05, 4.69) is 26.0 Å². The normalized spacial score (nSPS) is 21.4. The van der Waals surface area contributed by atoms with E-state index < -0.39 is 75.7 Å². The molecule has 0 spiro atoms. The second kappa shape index (κ2) is 41.6. The van der Waals surface area contributed by atoms with E-state index in [-0.39, 0.29) is 12.8 Å². The van der Waals surface area contributed by atoms with E-state index in [1.807, 2.05) is 0 Å². The molecule has 0 amide bonds. The number of ether oxygens (including phenoxy) is 2. The Labute approximate surface area is 394 Å². The Balaban J connectivity index is 2.37. The van der Waals surface area contributed by atoms with Crippen molar-refractivity contribution in [2.45, 2.75) is 288 Å². The number of phosphoric ester groups is 1. The molecule has 6 unspecified atom stereocenters. The number of rotatable bonds is 45. The van der Waals surface area contributed by atoms with Gasteiger partial charge in [-0.3, -0.25) is 18.6 Å². The smallest absolute Gasteiger partial charge is 0.462 e. The number of carbonyl (C=O) groups excluding carboxylic acids is 2. The maximum atomic E-state index is 12.9. The largest absolute Gasteiger partial charge is 0.472 e. The van der Waals surface area contributed by atoms with E-state index in [0.717, 1.165) is 51.4 Å². The van der Waals surface area contributed by atoms with Crippen molar-refractivity contribution in [1.82, 2.24) is 0 Å². The van der Waals surface area contributed by atoms with E-state index in [9.17, 15) is 44.6 Å². The average Bonchev–Trinajstić information content (AvgIpc) is 3.29. The molecule has 384 valence electrons. The first-order valence-electron chi connectivity index (χ1n) is 26.5. The summed E-state index contributed by atoms with van der Waals surface area (Å²) in [7, 11) is -5.12. The van der Waals surface area contributed by atoms with Crippen molar-refractivity contribution >= 4 is 19.8 Å². The van der Waals surface area contributed by atoms with Crippen molar-refractivity contribution in [2.24, 2.45) is 0 Å². The quantitative estimate of drug-likeness (QED) is 0.0145. The summed E-state index contributed by atoms with van der Waals surface area (Å²) in [5.74, 6) is -1.09. The zero-order valence-corrected chi connectivity index (χ0v) is 41.9. The minimum atomic E-state index is -5.12. The summed E-state index contributed by atoms with van der Waals surface area (Å²) in [4.78, 5) is 35.8. The minimum absolute atomic E-state index is 0.0963. The molecule has 0 aliphatic heterocycles. The Morgan fingerprint density at radius 1 is 0.462 bits per heavy atom. The lowest BCUT2D eigenvalue weighted by molar-refractivity contribution is -0.220. The minimum Gasteiger partial charge on any atom is -0.462 e. The van der Waals surface area contributed by atoms with Crippen molar-refractivity contribution in [3.63, 3.8) is 0 Å². The van der Waals surface area contributed by atoms with Crippen molar-refractivity contribution < 1.29 is 63.1 Å². The molecule has 1 aliphatic carbocycles. The first-order valence-corrected chi connectivity index (χ1v) is 28.0. The Morgan fingerprint density at radius 3 is 1.17 bits per heavy atom. The molecule has 1 rings (SSSR count). The van der Waals surface area contributed by atoms with Gasteiger partial charge in [0, 0.05) is 12.8 Å². The third kappa shape index (κ3) is 33.7. The number of hydrogen-bond acceptors (Lipinski definition) is 12. The Bertz CT molecular complexity index is 1190. The van der Waals surface area contributed by atoms with Gasteiger partial charge in [0.2, 0.25) is 0 Å². The number of esters is 2. The van der Waals surface area contributed by atoms with Crippen LogP contribution in [0.25, 0.3) is 0 Å². The average molecular weight is 949 g/mol. The molecule has 0 bridgehead atoms. The van der Waals surface area contributed by atoms with E-state index in [0.29, 0.717) is 12.8 Å². The van der Waals surface area contributed by atoms with Crippen LogP contribution in [0.2, 0.25) is 0 Å². The van der Waals surface area contributed by atoms with E-state index in [1.54, 1.807) is 0 Å². The fourth-order valence-corrected chi connectivity index (χ4v) is 9.32. The molecular formula is C51H97O13P. The summed E-state index contributed by atoms with van der Waals surface area (Å²) in [6.45, 7) is 3.34. The summed E-state index contributed by atoms with van der Waals surface area (Å²) in [6.07, 6.45) is 32.6. The van der Waals surface area contributed by atoms with Gasteiger partial charge >= 0.3 is 19.8 Å². The van der Waals surface area contributed by atoms with Crippen molar-refractivity contribution in [1.29, 1.82) is 0 Å². The van der Waals surface area contributed by atoms with Crippen molar-refractivity contribution in [2.75, 3.05) is 13.2 Å². The fraction of sp³-hybridized carbons (Fsp3) is 0.922. The van der Waals surface area contributed by atoms with Crippen LogP contribution in [0.1, 0.15) is 245 Å². The number of aliphatic hydroxyl groups excluding tert-OH is 5. The van der Waals surface area contributed by atoms with E-state index >= 15 is 0 Å². The molecule has 1 fully saturated rings. The number of carbonyl (C=O) groups is 2. The summed E-state index contributed by atoms with van der Waals surface area (Å²) in [6, 6.07) is 0.